The summed E-state index contributed by atoms with van der Waals surface area (Å²) in [5.41, 5.74) is 1.12. The average Bonchev–Trinajstić information content (AvgIpc) is 2.60. The van der Waals surface area contributed by atoms with Gasteiger partial charge in [0.1, 0.15) is 5.56 Å². The fourth-order valence-electron chi connectivity index (χ4n) is 2.42. The van der Waals surface area contributed by atoms with Crippen LogP contribution in [0.4, 0.5) is 5.69 Å². The molecule has 2 amide bonds. The number of halogens is 1. The molecule has 0 unspecified atom stereocenters. The summed E-state index contributed by atoms with van der Waals surface area (Å²) in [5, 5.41) is 3.38. The number of ether oxygens (including phenoxy) is 1. The molecular formula is C19H15ClN2O4. The van der Waals surface area contributed by atoms with E-state index < -0.39 is 11.8 Å². The van der Waals surface area contributed by atoms with Gasteiger partial charge < -0.3 is 9.15 Å². The minimum atomic E-state index is -0.605. The van der Waals surface area contributed by atoms with Gasteiger partial charge in [0.25, 0.3) is 5.91 Å². The second kappa shape index (κ2) is 7.41. The lowest BCUT2D eigenvalue weighted by atomic mass is 10.1. The highest BCUT2D eigenvalue weighted by Gasteiger charge is 2.15. The van der Waals surface area contributed by atoms with E-state index in [1.54, 1.807) is 48.5 Å². The number of fused-ring (bicyclic) bond motifs is 1. The van der Waals surface area contributed by atoms with E-state index in [0.717, 1.165) is 0 Å². The maximum atomic E-state index is 12.4. The summed E-state index contributed by atoms with van der Waals surface area (Å²) in [4.78, 5) is 28.1. The normalized spacial score (nSPS) is 11.4. The molecule has 0 aliphatic carbocycles. The van der Waals surface area contributed by atoms with Crippen molar-refractivity contribution in [2.75, 3.05) is 7.11 Å². The fourth-order valence-corrected chi connectivity index (χ4v) is 2.61. The van der Waals surface area contributed by atoms with Crippen molar-refractivity contribution in [2.24, 2.45) is 4.99 Å². The van der Waals surface area contributed by atoms with E-state index in [-0.39, 0.29) is 11.1 Å². The zero-order valence-corrected chi connectivity index (χ0v) is 14.8. The van der Waals surface area contributed by atoms with E-state index in [9.17, 15) is 9.59 Å². The molecule has 0 atom stereocenters. The Bertz CT molecular complexity index is 1070. The summed E-state index contributed by atoms with van der Waals surface area (Å²) >= 11 is 5.99. The maximum absolute atomic E-state index is 12.4. The van der Waals surface area contributed by atoms with Crippen molar-refractivity contribution < 1.29 is 18.7 Å². The van der Waals surface area contributed by atoms with Gasteiger partial charge in [0.05, 0.1) is 12.8 Å². The van der Waals surface area contributed by atoms with Gasteiger partial charge in [-0.3, -0.25) is 14.9 Å². The van der Waals surface area contributed by atoms with Gasteiger partial charge in [-0.2, -0.15) is 0 Å². The van der Waals surface area contributed by atoms with Crippen molar-refractivity contribution in [1.29, 1.82) is 0 Å². The van der Waals surface area contributed by atoms with Crippen LogP contribution in [0.5, 0.6) is 5.75 Å². The molecule has 1 N–H and O–H groups in total. The molecule has 7 heteroatoms. The minimum absolute atomic E-state index is 0.0445. The average molecular weight is 371 g/mol. The van der Waals surface area contributed by atoms with Crippen LogP contribution in [0.15, 0.2) is 57.9 Å². The van der Waals surface area contributed by atoms with Gasteiger partial charge in [-0.15, -0.1) is 0 Å². The Morgan fingerprint density at radius 3 is 2.62 bits per heavy atom. The number of imide groups is 1. The van der Waals surface area contributed by atoms with Crippen LogP contribution in [-0.4, -0.2) is 18.9 Å². The molecule has 6 nitrogen and oxygen atoms in total. The van der Waals surface area contributed by atoms with Crippen molar-refractivity contribution in [2.45, 2.75) is 6.92 Å². The van der Waals surface area contributed by atoms with Gasteiger partial charge in [0.15, 0.2) is 11.3 Å². The lowest BCUT2D eigenvalue weighted by Gasteiger charge is -2.07. The van der Waals surface area contributed by atoms with Crippen LogP contribution in [0, 0.1) is 0 Å². The summed E-state index contributed by atoms with van der Waals surface area (Å²) in [6.45, 7) is 1.26. The van der Waals surface area contributed by atoms with Crippen LogP contribution in [0.25, 0.3) is 11.0 Å². The highest BCUT2D eigenvalue weighted by Crippen LogP contribution is 2.25. The lowest BCUT2D eigenvalue weighted by Crippen LogP contribution is -2.32. The number of hydrogen-bond donors (Lipinski definition) is 1. The van der Waals surface area contributed by atoms with Crippen molar-refractivity contribution in [1.82, 2.24) is 5.32 Å². The van der Waals surface area contributed by atoms with Gasteiger partial charge in [-0.05, 0) is 30.3 Å². The molecule has 0 bridgehead atoms. The molecule has 132 valence electrons. The molecule has 0 saturated heterocycles. The molecule has 3 rings (SSSR count). The second-order valence-electron chi connectivity index (χ2n) is 5.45. The largest absolute Gasteiger partial charge is 0.493 e. The molecule has 26 heavy (non-hydrogen) atoms. The second-order valence-corrected chi connectivity index (χ2v) is 5.88. The molecule has 3 aromatic rings. The lowest BCUT2D eigenvalue weighted by molar-refractivity contribution is -0.118. The van der Waals surface area contributed by atoms with Gasteiger partial charge in [0.2, 0.25) is 11.5 Å². The summed E-state index contributed by atoms with van der Waals surface area (Å²) in [5.74, 6) is -0.579. The smallest absolute Gasteiger partial charge is 0.263 e. The highest BCUT2D eigenvalue weighted by atomic mass is 35.5. The molecule has 0 aliphatic heterocycles. The quantitative estimate of drug-likeness (QED) is 0.763. The first-order valence-corrected chi connectivity index (χ1v) is 8.09. The minimum Gasteiger partial charge on any atom is -0.493 e. The van der Waals surface area contributed by atoms with Crippen molar-refractivity contribution >= 4 is 40.1 Å². The third-order valence-electron chi connectivity index (χ3n) is 3.53. The Kier molecular flexibility index (Phi) is 5.04. The van der Waals surface area contributed by atoms with Crippen LogP contribution in [0.1, 0.15) is 17.3 Å². The first-order valence-electron chi connectivity index (χ1n) is 7.71. The number of carbonyl (C=O) groups excluding carboxylic acids is 2. The first-order chi connectivity index (χ1) is 12.5. The molecule has 0 spiro atoms. The van der Waals surface area contributed by atoms with Gasteiger partial charge >= 0.3 is 0 Å². The standard InChI is InChI=1S/C19H15ClN2O4/c1-11(23)21-18(24)15-9-12-5-3-8-16(25-2)17(12)26-19(15)22-14-7-4-6-13(20)10-14/h3-10H,1-2H3,(H,21,23,24). The van der Waals surface area contributed by atoms with Crippen LogP contribution in [-0.2, 0) is 4.79 Å². The van der Waals surface area contributed by atoms with E-state index in [0.29, 0.717) is 27.4 Å². The van der Waals surface area contributed by atoms with Gasteiger partial charge in [0, 0.05) is 17.3 Å². The Morgan fingerprint density at radius 1 is 1.15 bits per heavy atom. The summed E-state index contributed by atoms with van der Waals surface area (Å²) < 4.78 is 11.2. The van der Waals surface area contributed by atoms with Crippen molar-refractivity contribution in [3.05, 3.63) is 64.7 Å². The highest BCUT2D eigenvalue weighted by molar-refractivity contribution is 6.30. The van der Waals surface area contributed by atoms with E-state index in [4.69, 9.17) is 20.8 Å². The van der Waals surface area contributed by atoms with Gasteiger partial charge in [-0.1, -0.05) is 29.8 Å². The fraction of sp³-hybridized carbons (Fsp3) is 0.105. The Hall–Kier alpha value is -3.12. The number of rotatable bonds is 3. The summed E-state index contributed by atoms with van der Waals surface area (Å²) in [6, 6.07) is 13.7. The van der Waals surface area contributed by atoms with Crippen molar-refractivity contribution in [3.8, 4) is 5.75 Å². The van der Waals surface area contributed by atoms with Crippen LogP contribution in [0.3, 0.4) is 0 Å². The topological polar surface area (TPSA) is 80.9 Å². The number of nitrogens with zero attached hydrogens (tertiary/aromatic N) is 1. The number of amides is 2. The maximum Gasteiger partial charge on any atom is 0.263 e. The number of hydrogen-bond acceptors (Lipinski definition) is 5. The number of nitrogens with one attached hydrogen (secondary N) is 1. The monoisotopic (exact) mass is 370 g/mol. The zero-order chi connectivity index (χ0) is 18.7. The molecule has 0 fully saturated rings. The molecular weight excluding hydrogens is 356 g/mol. The third kappa shape index (κ3) is 3.75. The number of methoxy groups -OCH3 is 1. The summed E-state index contributed by atoms with van der Waals surface area (Å²) in [6.07, 6.45) is 0. The van der Waals surface area contributed by atoms with Gasteiger partial charge in [-0.25, -0.2) is 4.99 Å². The predicted molar refractivity (Wildman–Crippen MR) is 97.6 cm³/mol. The van der Waals surface area contributed by atoms with E-state index >= 15 is 0 Å². The molecule has 0 radical (unpaired) electrons. The van der Waals surface area contributed by atoms with E-state index in [2.05, 4.69) is 10.3 Å². The number of para-hydroxylation sites is 1. The molecule has 2 aromatic carbocycles. The van der Waals surface area contributed by atoms with E-state index in [1.807, 2.05) is 0 Å². The van der Waals surface area contributed by atoms with Crippen molar-refractivity contribution in [3.63, 3.8) is 0 Å². The summed E-state index contributed by atoms with van der Waals surface area (Å²) in [7, 11) is 1.52. The predicted octanol–water partition coefficient (Wildman–Crippen LogP) is 3.60. The Morgan fingerprint density at radius 2 is 1.92 bits per heavy atom. The zero-order valence-electron chi connectivity index (χ0n) is 14.1. The Balaban J connectivity index is 2.29. The molecule has 1 heterocycles. The first kappa shape index (κ1) is 17.7. The number of benzene rings is 2. The molecule has 0 saturated carbocycles. The Labute approximate surface area is 154 Å². The van der Waals surface area contributed by atoms with Crippen LogP contribution >= 0.6 is 11.6 Å². The molecule has 1 aromatic heterocycles. The SMILES string of the molecule is COc1cccc2cc(C(=O)NC(C)=O)c(=Nc3cccc(Cl)c3)oc12. The molecule has 0 aliphatic rings. The van der Waals surface area contributed by atoms with Crippen LogP contribution < -0.4 is 15.6 Å². The van der Waals surface area contributed by atoms with E-state index in [1.165, 1.54) is 14.0 Å². The third-order valence-corrected chi connectivity index (χ3v) is 3.77. The number of carbonyl (C=O) groups is 2. The van der Waals surface area contributed by atoms with Crippen LogP contribution in [0.2, 0.25) is 5.02 Å².